The monoisotopic (exact) mass is 514 g/mol. The number of benzene rings is 3. The molecular formula is C29H26N2O5S. The molecule has 37 heavy (non-hydrogen) atoms. The van der Waals surface area contributed by atoms with Gasteiger partial charge >= 0.3 is 0 Å². The van der Waals surface area contributed by atoms with Crippen molar-refractivity contribution in [1.29, 1.82) is 0 Å². The molecule has 1 aromatic heterocycles. The second-order valence-corrected chi connectivity index (χ2v) is 9.28. The third-order valence-electron chi connectivity index (χ3n) is 5.97. The molecule has 7 nitrogen and oxygen atoms in total. The summed E-state index contributed by atoms with van der Waals surface area (Å²) in [6.45, 7) is 1.47. The summed E-state index contributed by atoms with van der Waals surface area (Å²) in [5.41, 5.74) is 1.90. The lowest BCUT2D eigenvalue weighted by Gasteiger charge is -2.13. The Morgan fingerprint density at radius 3 is 2.32 bits per heavy atom. The highest BCUT2D eigenvalue weighted by Crippen LogP contribution is 2.34. The van der Waals surface area contributed by atoms with Crippen molar-refractivity contribution in [2.24, 2.45) is 0 Å². The van der Waals surface area contributed by atoms with Crippen LogP contribution >= 0.6 is 11.8 Å². The molecule has 0 bridgehead atoms. The second kappa shape index (κ2) is 11.3. The van der Waals surface area contributed by atoms with Crippen LogP contribution in [-0.4, -0.2) is 47.5 Å². The molecular weight excluding hydrogens is 488 g/mol. The summed E-state index contributed by atoms with van der Waals surface area (Å²) in [5, 5.41) is 0.709. The predicted molar refractivity (Wildman–Crippen MR) is 145 cm³/mol. The number of methoxy groups -OCH3 is 1. The third kappa shape index (κ3) is 5.49. The number of carbonyl (C=O) groups is 2. The van der Waals surface area contributed by atoms with Gasteiger partial charge in [0.25, 0.3) is 11.1 Å². The van der Waals surface area contributed by atoms with Crippen molar-refractivity contribution in [2.45, 2.75) is 6.54 Å². The van der Waals surface area contributed by atoms with E-state index in [9.17, 15) is 9.59 Å². The first-order chi connectivity index (χ1) is 18.1. The highest BCUT2D eigenvalue weighted by molar-refractivity contribution is 8.18. The predicted octanol–water partition coefficient (Wildman–Crippen LogP) is 5.84. The van der Waals surface area contributed by atoms with Crippen LogP contribution in [0, 0.1) is 0 Å². The molecule has 0 unspecified atom stereocenters. The maximum atomic E-state index is 13.0. The number of rotatable bonds is 10. The Kier molecular flexibility index (Phi) is 7.46. The van der Waals surface area contributed by atoms with Crippen LogP contribution in [0.4, 0.5) is 4.79 Å². The smallest absolute Gasteiger partial charge is 0.293 e. The highest BCUT2D eigenvalue weighted by Gasteiger charge is 2.35. The summed E-state index contributed by atoms with van der Waals surface area (Å²) < 4.78 is 19.1. The van der Waals surface area contributed by atoms with Crippen molar-refractivity contribution in [1.82, 2.24) is 9.47 Å². The molecule has 4 aromatic rings. The van der Waals surface area contributed by atoms with Gasteiger partial charge in [-0.2, -0.15) is 0 Å². The van der Waals surface area contributed by atoms with Gasteiger partial charge in [0, 0.05) is 22.7 Å². The first-order valence-corrected chi connectivity index (χ1v) is 12.7. The molecule has 0 saturated carbocycles. The molecule has 1 fully saturated rings. The van der Waals surface area contributed by atoms with E-state index < -0.39 is 0 Å². The normalized spacial score (nSPS) is 14.5. The topological polar surface area (TPSA) is 70.0 Å². The molecule has 1 aliphatic heterocycles. The fraction of sp³-hybridized carbons (Fsp3) is 0.172. The zero-order valence-electron chi connectivity index (χ0n) is 20.3. The summed E-state index contributed by atoms with van der Waals surface area (Å²) >= 11 is 0.955. The molecule has 0 radical (unpaired) electrons. The molecule has 188 valence electrons. The van der Waals surface area contributed by atoms with Gasteiger partial charge < -0.3 is 18.8 Å². The Hall–Kier alpha value is -4.17. The molecule has 5 rings (SSSR count). The number of ether oxygens (including phenoxy) is 3. The van der Waals surface area contributed by atoms with Crippen LogP contribution in [0.15, 0.2) is 90.0 Å². The van der Waals surface area contributed by atoms with E-state index in [0.717, 1.165) is 28.2 Å². The lowest BCUT2D eigenvalue weighted by molar-refractivity contribution is -0.123. The number of carbonyl (C=O) groups excluding carboxylic acids is 2. The number of amides is 2. The minimum absolute atomic E-state index is 0.193. The molecule has 2 heterocycles. The van der Waals surface area contributed by atoms with Crippen molar-refractivity contribution in [3.63, 3.8) is 0 Å². The second-order valence-electron chi connectivity index (χ2n) is 8.29. The lowest BCUT2D eigenvalue weighted by Crippen LogP contribution is -2.32. The summed E-state index contributed by atoms with van der Waals surface area (Å²) in [7, 11) is 1.62. The Morgan fingerprint density at radius 2 is 1.51 bits per heavy atom. The van der Waals surface area contributed by atoms with Crippen LogP contribution in [0.5, 0.6) is 17.2 Å². The molecule has 1 saturated heterocycles. The van der Waals surface area contributed by atoms with Crippen LogP contribution < -0.4 is 14.2 Å². The van der Waals surface area contributed by atoms with Gasteiger partial charge in [-0.3, -0.25) is 14.5 Å². The maximum Gasteiger partial charge on any atom is 0.293 e. The first kappa shape index (κ1) is 24.5. The summed E-state index contributed by atoms with van der Waals surface area (Å²) in [5.74, 6) is 1.77. The quantitative estimate of drug-likeness (QED) is 0.248. The minimum atomic E-state index is -0.303. The van der Waals surface area contributed by atoms with Crippen LogP contribution in [-0.2, 0) is 11.3 Å². The average Bonchev–Trinajstić information content (AvgIpc) is 3.41. The van der Waals surface area contributed by atoms with Gasteiger partial charge in [-0.1, -0.05) is 48.5 Å². The SMILES string of the molecule is COc1ccccc1OCCn1cc(/C=C2\SC(=O)N(CCOc3ccccc3)C2=O)c2ccccc21. The van der Waals surface area contributed by atoms with Gasteiger partial charge in [0.2, 0.25) is 0 Å². The Morgan fingerprint density at radius 1 is 0.811 bits per heavy atom. The van der Waals surface area contributed by atoms with Crippen molar-refractivity contribution >= 4 is 39.9 Å². The number of nitrogens with zero attached hydrogens (tertiary/aromatic N) is 2. The van der Waals surface area contributed by atoms with Crippen LogP contribution in [0.3, 0.4) is 0 Å². The molecule has 8 heteroatoms. The number of hydrogen-bond donors (Lipinski definition) is 0. The standard InChI is InChI=1S/C29H26N2O5S/c1-34-25-13-7-8-14-26(25)36-17-15-30-20-21(23-11-5-6-12-24(23)30)19-27-28(32)31(29(33)37-27)16-18-35-22-9-3-2-4-10-22/h2-14,19-20H,15-18H2,1H3/b27-19-. The van der Waals surface area contributed by atoms with Gasteiger partial charge in [-0.05, 0) is 48.2 Å². The largest absolute Gasteiger partial charge is 0.493 e. The molecule has 0 aliphatic carbocycles. The van der Waals surface area contributed by atoms with E-state index in [1.807, 2.05) is 85.1 Å². The lowest BCUT2D eigenvalue weighted by atomic mass is 10.1. The number of para-hydroxylation sites is 4. The molecule has 1 aliphatic rings. The van der Waals surface area contributed by atoms with E-state index in [4.69, 9.17) is 14.2 Å². The van der Waals surface area contributed by atoms with E-state index >= 15 is 0 Å². The van der Waals surface area contributed by atoms with E-state index in [0.29, 0.717) is 35.3 Å². The van der Waals surface area contributed by atoms with Gasteiger partial charge in [0.15, 0.2) is 11.5 Å². The van der Waals surface area contributed by atoms with E-state index in [1.54, 1.807) is 13.2 Å². The Balaban J connectivity index is 1.29. The van der Waals surface area contributed by atoms with E-state index in [2.05, 4.69) is 4.57 Å². The van der Waals surface area contributed by atoms with Gasteiger partial charge in [-0.15, -0.1) is 0 Å². The minimum Gasteiger partial charge on any atom is -0.493 e. The molecule has 0 atom stereocenters. The van der Waals surface area contributed by atoms with Crippen molar-refractivity contribution in [3.05, 3.63) is 95.5 Å². The summed E-state index contributed by atoms with van der Waals surface area (Å²) in [4.78, 5) is 27.2. The van der Waals surface area contributed by atoms with E-state index in [1.165, 1.54) is 4.90 Å². The van der Waals surface area contributed by atoms with Crippen molar-refractivity contribution in [3.8, 4) is 17.2 Å². The number of hydrogen-bond acceptors (Lipinski definition) is 6. The van der Waals surface area contributed by atoms with Crippen LogP contribution in [0.2, 0.25) is 0 Å². The number of aromatic nitrogens is 1. The molecule has 0 N–H and O–H groups in total. The van der Waals surface area contributed by atoms with E-state index in [-0.39, 0.29) is 24.3 Å². The van der Waals surface area contributed by atoms with Crippen LogP contribution in [0.1, 0.15) is 5.56 Å². The zero-order valence-corrected chi connectivity index (χ0v) is 21.1. The molecule has 0 spiro atoms. The third-order valence-corrected chi connectivity index (χ3v) is 6.87. The first-order valence-electron chi connectivity index (χ1n) is 11.9. The number of fused-ring (bicyclic) bond motifs is 1. The molecule has 2 amide bonds. The van der Waals surface area contributed by atoms with Crippen molar-refractivity contribution in [2.75, 3.05) is 26.9 Å². The highest BCUT2D eigenvalue weighted by atomic mass is 32.2. The van der Waals surface area contributed by atoms with Crippen LogP contribution in [0.25, 0.3) is 17.0 Å². The van der Waals surface area contributed by atoms with Crippen molar-refractivity contribution < 1.29 is 23.8 Å². The Bertz CT molecular complexity index is 1450. The molecule has 3 aromatic carbocycles. The summed E-state index contributed by atoms with van der Waals surface area (Å²) in [6, 6.07) is 24.8. The number of imide groups is 1. The maximum absolute atomic E-state index is 13.0. The fourth-order valence-electron chi connectivity index (χ4n) is 4.17. The Labute approximate surface area is 219 Å². The van der Waals surface area contributed by atoms with Gasteiger partial charge in [0.1, 0.15) is 19.0 Å². The van der Waals surface area contributed by atoms with Gasteiger partial charge in [0.05, 0.1) is 25.1 Å². The fourth-order valence-corrected chi connectivity index (χ4v) is 5.03. The summed E-state index contributed by atoms with van der Waals surface area (Å²) in [6.07, 6.45) is 3.78. The zero-order chi connectivity index (χ0) is 25.6. The van der Waals surface area contributed by atoms with Gasteiger partial charge in [-0.25, -0.2) is 0 Å². The number of thioether (sulfide) groups is 1. The average molecular weight is 515 g/mol.